The molecule has 0 saturated carbocycles. The Bertz CT molecular complexity index is 692. The van der Waals surface area contributed by atoms with E-state index in [-0.39, 0.29) is 5.75 Å². The number of hydrogen-bond acceptors (Lipinski definition) is 4. The Labute approximate surface area is 133 Å². The predicted molar refractivity (Wildman–Crippen MR) is 80.5 cm³/mol. The second-order valence-electron chi connectivity index (χ2n) is 5.45. The molecule has 2 aliphatic rings. The van der Waals surface area contributed by atoms with E-state index in [4.69, 9.17) is 0 Å². The number of nitrogens with zero attached hydrogens (tertiary/aromatic N) is 2. The quantitative estimate of drug-likeness (QED) is 0.913. The summed E-state index contributed by atoms with van der Waals surface area (Å²) in [6, 6.07) is 5.97. The van der Waals surface area contributed by atoms with Gasteiger partial charge in [0.05, 0.1) is 0 Å². The Morgan fingerprint density at radius 1 is 1.22 bits per heavy atom. The Kier molecular flexibility index (Phi) is 4.49. The minimum atomic E-state index is -3.75. The van der Waals surface area contributed by atoms with Gasteiger partial charge in [-0.3, -0.25) is 0 Å². The third kappa shape index (κ3) is 3.78. The van der Waals surface area contributed by atoms with Crippen LogP contribution in [0.3, 0.4) is 0 Å². The molecule has 0 aromatic heterocycles. The van der Waals surface area contributed by atoms with Gasteiger partial charge < -0.3 is 9.64 Å². The molecule has 0 amide bonds. The van der Waals surface area contributed by atoms with E-state index in [9.17, 15) is 17.2 Å². The highest BCUT2D eigenvalue weighted by Gasteiger charge is 2.33. The summed E-state index contributed by atoms with van der Waals surface area (Å²) in [5.74, 6) is 0.589. The molecular weight excluding hydrogens is 328 g/mol. The van der Waals surface area contributed by atoms with E-state index in [2.05, 4.69) is 13.9 Å². The van der Waals surface area contributed by atoms with Gasteiger partial charge in [-0.2, -0.15) is 21.9 Å². The zero-order valence-electron chi connectivity index (χ0n) is 12.3. The molecule has 6 nitrogen and oxygen atoms in total. The van der Waals surface area contributed by atoms with E-state index >= 15 is 0 Å². The van der Waals surface area contributed by atoms with E-state index in [1.165, 1.54) is 12.1 Å². The summed E-state index contributed by atoms with van der Waals surface area (Å²) in [7, 11) is -3.75. The number of rotatable bonds is 3. The maximum atomic E-state index is 12.2. The lowest BCUT2D eigenvalue weighted by Crippen LogP contribution is -2.48. The van der Waals surface area contributed by atoms with Crippen LogP contribution >= 0.6 is 0 Å². The number of amidine groups is 1. The molecule has 0 bridgehead atoms. The van der Waals surface area contributed by atoms with Crippen molar-refractivity contribution >= 4 is 16.0 Å². The highest BCUT2D eigenvalue weighted by molar-refractivity contribution is 7.88. The van der Waals surface area contributed by atoms with Gasteiger partial charge in [0.2, 0.25) is 0 Å². The fraction of sp³-hybridized carbons (Fsp3) is 0.500. The summed E-state index contributed by atoms with van der Waals surface area (Å²) >= 11 is 0. The molecule has 9 heteroatoms. The lowest BCUT2D eigenvalue weighted by Gasteiger charge is -2.36. The maximum Gasteiger partial charge on any atom is 0.387 e. The van der Waals surface area contributed by atoms with Crippen molar-refractivity contribution in [2.45, 2.75) is 38.5 Å². The monoisotopic (exact) mass is 345 g/mol. The highest BCUT2D eigenvalue weighted by Crippen LogP contribution is 2.29. The number of fused-ring (bicyclic) bond motifs is 1. The molecule has 0 spiro atoms. The molecule has 1 unspecified atom stereocenters. The second-order valence-corrected chi connectivity index (χ2v) is 6.82. The highest BCUT2D eigenvalue weighted by atomic mass is 32.2. The third-order valence-corrected chi connectivity index (χ3v) is 4.82. The smallest absolute Gasteiger partial charge is 0.387 e. The van der Waals surface area contributed by atoms with Gasteiger partial charge in [0.15, 0.2) is 0 Å². The maximum absolute atomic E-state index is 12.2. The minimum Gasteiger partial charge on any atom is -0.435 e. The zero-order chi connectivity index (χ0) is 16.4. The lowest BCUT2D eigenvalue weighted by molar-refractivity contribution is -0.0498. The van der Waals surface area contributed by atoms with E-state index in [1.54, 1.807) is 12.1 Å². The summed E-state index contributed by atoms with van der Waals surface area (Å²) in [6.07, 6.45) is 2.90. The molecule has 1 saturated heterocycles. The Morgan fingerprint density at radius 3 is 2.65 bits per heavy atom. The van der Waals surface area contributed by atoms with Crippen LogP contribution < -0.4 is 9.46 Å². The van der Waals surface area contributed by atoms with Crippen molar-refractivity contribution in [2.24, 2.45) is 4.40 Å². The molecule has 3 rings (SSSR count). The fourth-order valence-corrected chi connectivity index (χ4v) is 3.91. The van der Waals surface area contributed by atoms with Crippen molar-refractivity contribution in [3.63, 3.8) is 0 Å². The first-order valence-corrected chi connectivity index (χ1v) is 8.81. The average Bonchev–Trinajstić information content (AvgIpc) is 2.71. The molecule has 126 valence electrons. The first-order valence-electron chi connectivity index (χ1n) is 7.37. The Balaban J connectivity index is 1.89. The SMILES string of the molecule is O=S1(=O)N=C2CCCCCN2C(c2ccc(OC(F)F)cc2)N1. The van der Waals surface area contributed by atoms with Crippen LogP contribution in [0, 0.1) is 0 Å². The molecule has 1 fully saturated rings. The van der Waals surface area contributed by atoms with Gasteiger partial charge in [0.25, 0.3) is 0 Å². The fourth-order valence-electron chi connectivity index (χ4n) is 2.84. The van der Waals surface area contributed by atoms with E-state index in [1.807, 2.05) is 4.90 Å². The normalized spacial score (nSPS) is 23.9. The number of halogens is 2. The molecule has 1 aromatic rings. The van der Waals surface area contributed by atoms with Crippen LogP contribution in [0.25, 0.3) is 0 Å². The number of alkyl halides is 2. The Hall–Kier alpha value is -1.74. The summed E-state index contributed by atoms with van der Waals surface area (Å²) in [5.41, 5.74) is 0.657. The standard InChI is InChI=1S/C14H17F2N3O3S/c15-14(16)22-11-7-5-10(6-8-11)13-18-23(20,21)17-12-4-2-1-3-9-19(12)13/h5-8,13-14,18H,1-4,9H2. The number of nitrogens with one attached hydrogen (secondary N) is 1. The van der Waals surface area contributed by atoms with Crippen LogP contribution in [-0.2, 0) is 10.2 Å². The topological polar surface area (TPSA) is 71.0 Å². The van der Waals surface area contributed by atoms with Gasteiger partial charge in [0, 0.05) is 13.0 Å². The molecule has 0 aliphatic carbocycles. The molecule has 1 atom stereocenters. The number of hydrogen-bond donors (Lipinski definition) is 1. The van der Waals surface area contributed by atoms with Crippen LogP contribution in [0.5, 0.6) is 5.75 Å². The number of ether oxygens (including phenoxy) is 1. The summed E-state index contributed by atoms with van der Waals surface area (Å²) in [4.78, 5) is 1.93. The van der Waals surface area contributed by atoms with E-state index < -0.39 is 23.0 Å². The molecule has 2 aliphatic heterocycles. The van der Waals surface area contributed by atoms with Gasteiger partial charge in [0.1, 0.15) is 17.8 Å². The van der Waals surface area contributed by atoms with Gasteiger partial charge in [-0.15, -0.1) is 4.40 Å². The zero-order valence-corrected chi connectivity index (χ0v) is 13.1. The van der Waals surface area contributed by atoms with Crippen LogP contribution in [0.4, 0.5) is 8.78 Å². The van der Waals surface area contributed by atoms with Crippen molar-refractivity contribution in [3.05, 3.63) is 29.8 Å². The third-order valence-electron chi connectivity index (χ3n) is 3.85. The average molecular weight is 345 g/mol. The largest absolute Gasteiger partial charge is 0.435 e. The minimum absolute atomic E-state index is 0.0344. The summed E-state index contributed by atoms with van der Waals surface area (Å²) in [5, 5.41) is 0. The van der Waals surface area contributed by atoms with Crippen molar-refractivity contribution in [1.82, 2.24) is 9.62 Å². The molecule has 0 radical (unpaired) electrons. The first-order chi connectivity index (χ1) is 10.9. The van der Waals surface area contributed by atoms with Crippen LogP contribution in [-0.4, -0.2) is 32.3 Å². The lowest BCUT2D eigenvalue weighted by atomic mass is 10.1. The van der Waals surface area contributed by atoms with Gasteiger partial charge in [-0.25, -0.2) is 0 Å². The van der Waals surface area contributed by atoms with Crippen molar-refractivity contribution in [1.29, 1.82) is 0 Å². The molecule has 23 heavy (non-hydrogen) atoms. The van der Waals surface area contributed by atoms with Gasteiger partial charge in [-0.05, 0) is 30.5 Å². The van der Waals surface area contributed by atoms with E-state index in [0.29, 0.717) is 24.4 Å². The van der Waals surface area contributed by atoms with Gasteiger partial charge >= 0.3 is 16.8 Å². The molecular formula is C14H17F2N3O3S. The predicted octanol–water partition coefficient (Wildman–Crippen LogP) is 2.41. The van der Waals surface area contributed by atoms with Crippen molar-refractivity contribution in [3.8, 4) is 5.75 Å². The Morgan fingerprint density at radius 2 is 1.96 bits per heavy atom. The van der Waals surface area contributed by atoms with Crippen LogP contribution in [0.15, 0.2) is 28.7 Å². The molecule has 1 N–H and O–H groups in total. The first kappa shape index (κ1) is 16.1. The van der Waals surface area contributed by atoms with Crippen LogP contribution in [0.2, 0.25) is 0 Å². The van der Waals surface area contributed by atoms with Crippen LogP contribution in [0.1, 0.15) is 37.4 Å². The number of benzene rings is 1. The van der Waals surface area contributed by atoms with Crippen molar-refractivity contribution in [2.75, 3.05) is 6.54 Å². The van der Waals surface area contributed by atoms with Crippen molar-refractivity contribution < 1.29 is 21.9 Å². The molecule has 1 aromatic carbocycles. The second kappa shape index (κ2) is 6.40. The van der Waals surface area contributed by atoms with E-state index in [0.717, 1.165) is 19.3 Å². The van der Waals surface area contributed by atoms with Gasteiger partial charge in [-0.1, -0.05) is 18.6 Å². The summed E-state index contributed by atoms with van der Waals surface area (Å²) < 4.78 is 59.0. The summed E-state index contributed by atoms with van der Waals surface area (Å²) in [6.45, 7) is -2.19. The molecule has 2 heterocycles.